The number of benzene rings is 2. The van der Waals surface area contributed by atoms with Crippen LogP contribution in [0.2, 0.25) is 0 Å². The summed E-state index contributed by atoms with van der Waals surface area (Å²) < 4.78 is 0. The number of hydrogen-bond acceptors (Lipinski definition) is 1. The van der Waals surface area contributed by atoms with Crippen molar-refractivity contribution < 1.29 is 5.11 Å². The van der Waals surface area contributed by atoms with E-state index in [2.05, 4.69) is 19.1 Å². The third-order valence-electron chi connectivity index (χ3n) is 3.34. The zero-order valence-electron chi connectivity index (χ0n) is 9.72. The molecule has 17 heavy (non-hydrogen) atoms. The molecule has 0 bridgehead atoms. The van der Waals surface area contributed by atoms with E-state index in [1.165, 1.54) is 5.57 Å². The molecule has 0 radical (unpaired) electrons. The summed E-state index contributed by atoms with van der Waals surface area (Å²) in [4.78, 5) is 0. The topological polar surface area (TPSA) is 20.2 Å². The van der Waals surface area contributed by atoms with Crippen LogP contribution in [0.1, 0.15) is 35.3 Å². The van der Waals surface area contributed by atoms with Crippen molar-refractivity contribution in [3.63, 3.8) is 0 Å². The zero-order valence-corrected chi connectivity index (χ0v) is 9.72. The Balaban J connectivity index is 2.32. The van der Waals surface area contributed by atoms with Gasteiger partial charge in [0.05, 0.1) is 0 Å². The Morgan fingerprint density at radius 3 is 2.35 bits per heavy atom. The summed E-state index contributed by atoms with van der Waals surface area (Å²) in [5.41, 5.74) is 5.41. The van der Waals surface area contributed by atoms with Gasteiger partial charge in [-0.05, 0) is 34.8 Å². The van der Waals surface area contributed by atoms with Crippen molar-refractivity contribution in [1.82, 2.24) is 0 Å². The van der Waals surface area contributed by atoms with E-state index in [0.29, 0.717) is 0 Å². The Hall–Kier alpha value is -1.86. The highest BCUT2D eigenvalue weighted by molar-refractivity contribution is 5.84. The van der Waals surface area contributed by atoms with Crippen molar-refractivity contribution in [2.24, 2.45) is 0 Å². The lowest BCUT2D eigenvalue weighted by molar-refractivity contribution is 0.220. The number of rotatable bonds is 0. The molecule has 0 heterocycles. The summed E-state index contributed by atoms with van der Waals surface area (Å²) in [7, 11) is 0. The van der Waals surface area contributed by atoms with Gasteiger partial charge in [-0.15, -0.1) is 0 Å². The predicted molar refractivity (Wildman–Crippen MR) is 70.5 cm³/mol. The van der Waals surface area contributed by atoms with Crippen molar-refractivity contribution in [3.8, 4) is 0 Å². The van der Waals surface area contributed by atoms with Crippen molar-refractivity contribution in [1.29, 1.82) is 0 Å². The third-order valence-corrected chi connectivity index (χ3v) is 3.34. The number of fused-ring (bicyclic) bond motifs is 2. The standard InChI is InChI=1S/C16H14O/c1-11-10-12-6-2-3-8-14(12)16(17)15-9-5-4-7-13(11)15/h2-10,16-17H,1H3. The van der Waals surface area contributed by atoms with Crippen LogP contribution in [-0.4, -0.2) is 5.11 Å². The molecule has 2 aromatic carbocycles. The molecule has 1 aliphatic carbocycles. The summed E-state index contributed by atoms with van der Waals surface area (Å²) in [6.07, 6.45) is 1.61. The maximum Gasteiger partial charge on any atom is 0.105 e. The number of aliphatic hydroxyl groups excluding tert-OH is 1. The first-order chi connectivity index (χ1) is 8.27. The fraction of sp³-hybridized carbons (Fsp3) is 0.125. The first-order valence-electron chi connectivity index (χ1n) is 5.82. The van der Waals surface area contributed by atoms with E-state index in [1.54, 1.807) is 0 Å². The summed E-state index contributed by atoms with van der Waals surface area (Å²) in [6.45, 7) is 2.09. The van der Waals surface area contributed by atoms with Crippen molar-refractivity contribution >= 4 is 11.6 Å². The van der Waals surface area contributed by atoms with Gasteiger partial charge in [-0.3, -0.25) is 0 Å². The van der Waals surface area contributed by atoms with Gasteiger partial charge in [-0.2, -0.15) is 0 Å². The SMILES string of the molecule is CC1=Cc2ccccc2C(O)c2ccccc21. The van der Waals surface area contributed by atoms with E-state index in [-0.39, 0.29) is 0 Å². The van der Waals surface area contributed by atoms with Crippen molar-refractivity contribution in [3.05, 3.63) is 70.8 Å². The van der Waals surface area contributed by atoms with Gasteiger partial charge in [0.25, 0.3) is 0 Å². The summed E-state index contributed by atoms with van der Waals surface area (Å²) in [6, 6.07) is 16.1. The van der Waals surface area contributed by atoms with Gasteiger partial charge in [-0.25, -0.2) is 0 Å². The van der Waals surface area contributed by atoms with Crippen LogP contribution in [0.3, 0.4) is 0 Å². The van der Waals surface area contributed by atoms with Crippen LogP contribution < -0.4 is 0 Å². The Bertz CT molecular complexity index is 596. The highest BCUT2D eigenvalue weighted by Crippen LogP contribution is 2.35. The molecule has 0 spiro atoms. The maximum atomic E-state index is 10.5. The predicted octanol–water partition coefficient (Wildman–Crippen LogP) is 3.64. The van der Waals surface area contributed by atoms with Crippen LogP contribution in [0.25, 0.3) is 11.6 Å². The second-order valence-corrected chi connectivity index (χ2v) is 4.45. The molecule has 3 rings (SSSR count). The summed E-state index contributed by atoms with van der Waals surface area (Å²) in [5, 5.41) is 10.5. The largest absolute Gasteiger partial charge is 0.384 e. The van der Waals surface area contributed by atoms with Crippen LogP contribution in [-0.2, 0) is 0 Å². The van der Waals surface area contributed by atoms with Crippen LogP contribution in [0, 0.1) is 0 Å². The van der Waals surface area contributed by atoms with E-state index in [9.17, 15) is 5.11 Å². The summed E-state index contributed by atoms with van der Waals surface area (Å²) in [5.74, 6) is 0. The Kier molecular flexibility index (Phi) is 2.34. The minimum atomic E-state index is -0.531. The average molecular weight is 222 g/mol. The van der Waals surface area contributed by atoms with Crippen LogP contribution in [0.15, 0.2) is 48.5 Å². The Morgan fingerprint density at radius 1 is 0.882 bits per heavy atom. The zero-order chi connectivity index (χ0) is 11.8. The number of aliphatic hydroxyl groups is 1. The molecule has 0 saturated carbocycles. The molecular weight excluding hydrogens is 208 g/mol. The van der Waals surface area contributed by atoms with Gasteiger partial charge in [0.1, 0.15) is 6.10 Å². The lowest BCUT2D eigenvalue weighted by Gasteiger charge is -2.14. The molecule has 84 valence electrons. The van der Waals surface area contributed by atoms with E-state index in [1.807, 2.05) is 42.5 Å². The third kappa shape index (κ3) is 1.60. The van der Waals surface area contributed by atoms with Gasteiger partial charge in [-0.1, -0.05) is 54.6 Å². The van der Waals surface area contributed by atoms with Gasteiger partial charge in [0, 0.05) is 0 Å². The fourth-order valence-electron chi connectivity index (χ4n) is 2.46. The number of allylic oxidation sites excluding steroid dienone is 1. The fourth-order valence-corrected chi connectivity index (χ4v) is 2.46. The van der Waals surface area contributed by atoms with Crippen LogP contribution >= 0.6 is 0 Å². The van der Waals surface area contributed by atoms with Crippen molar-refractivity contribution in [2.75, 3.05) is 0 Å². The minimum Gasteiger partial charge on any atom is -0.384 e. The van der Waals surface area contributed by atoms with Gasteiger partial charge < -0.3 is 5.11 Å². The molecule has 0 aliphatic heterocycles. The summed E-state index contributed by atoms with van der Waals surface area (Å²) >= 11 is 0. The molecule has 0 amide bonds. The first-order valence-corrected chi connectivity index (χ1v) is 5.82. The molecule has 1 nitrogen and oxygen atoms in total. The van der Waals surface area contributed by atoms with E-state index >= 15 is 0 Å². The molecule has 0 fully saturated rings. The second kappa shape index (κ2) is 3.86. The van der Waals surface area contributed by atoms with Crippen LogP contribution in [0.5, 0.6) is 0 Å². The van der Waals surface area contributed by atoms with Gasteiger partial charge in [0.15, 0.2) is 0 Å². The molecular formula is C16H14O. The molecule has 1 N–H and O–H groups in total. The lowest BCUT2D eigenvalue weighted by atomic mass is 9.96. The van der Waals surface area contributed by atoms with Gasteiger partial charge in [0.2, 0.25) is 0 Å². The minimum absolute atomic E-state index is 0.531. The number of hydrogen-bond donors (Lipinski definition) is 1. The highest BCUT2D eigenvalue weighted by Gasteiger charge is 2.20. The smallest absolute Gasteiger partial charge is 0.105 e. The highest BCUT2D eigenvalue weighted by atomic mass is 16.3. The first kappa shape index (κ1) is 10.3. The Morgan fingerprint density at radius 2 is 1.53 bits per heavy atom. The maximum absolute atomic E-state index is 10.5. The average Bonchev–Trinajstić information content (AvgIpc) is 2.48. The monoisotopic (exact) mass is 222 g/mol. The van der Waals surface area contributed by atoms with E-state index < -0.39 is 6.10 Å². The van der Waals surface area contributed by atoms with E-state index in [0.717, 1.165) is 22.3 Å². The molecule has 1 aliphatic rings. The second-order valence-electron chi connectivity index (χ2n) is 4.45. The van der Waals surface area contributed by atoms with Crippen molar-refractivity contribution in [2.45, 2.75) is 13.0 Å². The normalized spacial score (nSPS) is 17.8. The molecule has 2 aromatic rings. The molecule has 1 heteroatoms. The Labute approximate surface area is 101 Å². The lowest BCUT2D eigenvalue weighted by Crippen LogP contribution is -2.02. The van der Waals surface area contributed by atoms with E-state index in [4.69, 9.17) is 0 Å². The molecule has 1 unspecified atom stereocenters. The van der Waals surface area contributed by atoms with Crippen LogP contribution in [0.4, 0.5) is 0 Å². The van der Waals surface area contributed by atoms with Gasteiger partial charge >= 0.3 is 0 Å². The molecule has 1 atom stereocenters. The molecule has 0 aromatic heterocycles. The quantitative estimate of drug-likeness (QED) is 0.721. The molecule has 0 saturated heterocycles.